The smallest absolute Gasteiger partial charge is 0.168 e. The van der Waals surface area contributed by atoms with Crippen LogP contribution in [0.2, 0.25) is 0 Å². The van der Waals surface area contributed by atoms with Crippen molar-refractivity contribution in [3.05, 3.63) is 35.2 Å². The molecule has 1 aliphatic heterocycles. The van der Waals surface area contributed by atoms with Crippen molar-refractivity contribution in [2.45, 2.75) is 59.5 Å². The lowest BCUT2D eigenvalue weighted by atomic mass is 10.1. The van der Waals surface area contributed by atoms with Crippen molar-refractivity contribution in [3.63, 3.8) is 0 Å². The van der Waals surface area contributed by atoms with Crippen LogP contribution in [-0.4, -0.2) is 51.3 Å². The predicted molar refractivity (Wildman–Crippen MR) is 106 cm³/mol. The van der Waals surface area contributed by atoms with Gasteiger partial charge in [-0.1, -0.05) is 19.1 Å². The van der Waals surface area contributed by atoms with E-state index >= 15 is 0 Å². The Morgan fingerprint density at radius 1 is 1.08 bits per heavy atom. The van der Waals surface area contributed by atoms with Gasteiger partial charge in [-0.25, -0.2) is 4.68 Å². The molecule has 6 heteroatoms. The summed E-state index contributed by atoms with van der Waals surface area (Å²) in [5.74, 6) is 0.986. The maximum atomic E-state index is 4.38. The molecule has 1 aromatic carbocycles. The van der Waals surface area contributed by atoms with Gasteiger partial charge in [0.2, 0.25) is 0 Å². The van der Waals surface area contributed by atoms with Crippen LogP contribution >= 0.6 is 0 Å². The van der Waals surface area contributed by atoms with E-state index < -0.39 is 0 Å². The first-order valence-corrected chi connectivity index (χ1v) is 9.66. The van der Waals surface area contributed by atoms with Crippen molar-refractivity contribution in [2.75, 3.05) is 31.1 Å². The second-order valence-corrected chi connectivity index (χ2v) is 8.36. The standard InChI is InChI=1S/C20H32N6/c1-7-17(19-21-22-23-26(19)20(4,5)6)24-10-12-25(13-11-24)18-14-15(2)8-9-16(18)3/h8-9,14,17H,7,10-13H2,1-6H3. The van der Waals surface area contributed by atoms with Gasteiger partial charge in [0.15, 0.2) is 5.82 Å². The number of rotatable bonds is 4. The molecule has 1 aromatic heterocycles. The fourth-order valence-electron chi connectivity index (χ4n) is 3.82. The van der Waals surface area contributed by atoms with Gasteiger partial charge < -0.3 is 4.90 Å². The molecule has 0 bridgehead atoms. The zero-order chi connectivity index (χ0) is 18.9. The Hall–Kier alpha value is -1.95. The van der Waals surface area contributed by atoms with E-state index in [1.165, 1.54) is 16.8 Å². The third-order valence-electron chi connectivity index (χ3n) is 5.27. The van der Waals surface area contributed by atoms with Crippen LogP contribution in [-0.2, 0) is 5.54 Å². The van der Waals surface area contributed by atoms with E-state index in [-0.39, 0.29) is 11.6 Å². The van der Waals surface area contributed by atoms with E-state index in [1.807, 2.05) is 4.68 Å². The van der Waals surface area contributed by atoms with Crippen LogP contribution in [0.4, 0.5) is 5.69 Å². The minimum atomic E-state index is -0.104. The lowest BCUT2D eigenvalue weighted by molar-refractivity contribution is 0.161. The monoisotopic (exact) mass is 356 g/mol. The second kappa shape index (κ2) is 7.35. The first-order chi connectivity index (χ1) is 12.3. The maximum Gasteiger partial charge on any atom is 0.168 e. The van der Waals surface area contributed by atoms with Crippen molar-refractivity contribution >= 4 is 5.69 Å². The average Bonchev–Trinajstić information content (AvgIpc) is 3.08. The average molecular weight is 357 g/mol. The fourth-order valence-corrected chi connectivity index (χ4v) is 3.82. The Kier molecular flexibility index (Phi) is 5.32. The summed E-state index contributed by atoms with van der Waals surface area (Å²) in [5, 5.41) is 12.6. The quantitative estimate of drug-likeness (QED) is 0.841. The number of aromatic nitrogens is 4. The van der Waals surface area contributed by atoms with Crippen LogP contribution in [0, 0.1) is 13.8 Å². The van der Waals surface area contributed by atoms with Gasteiger partial charge in [-0.15, -0.1) is 5.10 Å². The number of aryl methyl sites for hydroxylation is 2. The normalized spacial score (nSPS) is 17.5. The predicted octanol–water partition coefficient (Wildman–Crippen LogP) is 3.32. The molecule has 3 rings (SSSR count). The van der Waals surface area contributed by atoms with Crippen molar-refractivity contribution in [1.29, 1.82) is 0 Å². The molecule has 1 fully saturated rings. The van der Waals surface area contributed by atoms with E-state index in [1.54, 1.807) is 0 Å². The summed E-state index contributed by atoms with van der Waals surface area (Å²) in [6.07, 6.45) is 1.01. The van der Waals surface area contributed by atoms with E-state index in [2.05, 4.69) is 85.1 Å². The van der Waals surface area contributed by atoms with E-state index in [0.29, 0.717) is 0 Å². The van der Waals surface area contributed by atoms with Crippen LogP contribution < -0.4 is 4.90 Å². The Labute approximate surface area is 157 Å². The number of benzene rings is 1. The topological polar surface area (TPSA) is 50.1 Å². The molecule has 0 N–H and O–H groups in total. The molecule has 0 aliphatic carbocycles. The van der Waals surface area contributed by atoms with Crippen molar-refractivity contribution < 1.29 is 0 Å². The Balaban J connectivity index is 1.74. The summed E-state index contributed by atoms with van der Waals surface area (Å²) in [4.78, 5) is 5.05. The molecule has 0 saturated carbocycles. The van der Waals surface area contributed by atoms with E-state index in [0.717, 1.165) is 38.4 Å². The van der Waals surface area contributed by atoms with Crippen LogP contribution in [0.5, 0.6) is 0 Å². The molecule has 1 atom stereocenters. The first-order valence-electron chi connectivity index (χ1n) is 9.66. The summed E-state index contributed by atoms with van der Waals surface area (Å²) in [6, 6.07) is 6.99. The maximum absolute atomic E-state index is 4.38. The molecule has 1 saturated heterocycles. The fraction of sp³-hybridized carbons (Fsp3) is 0.650. The van der Waals surface area contributed by atoms with Crippen molar-refractivity contribution in [2.24, 2.45) is 0 Å². The van der Waals surface area contributed by atoms with Gasteiger partial charge in [-0.05, 0) is 68.7 Å². The van der Waals surface area contributed by atoms with Gasteiger partial charge in [-0.3, -0.25) is 4.90 Å². The van der Waals surface area contributed by atoms with Crippen LogP contribution in [0.15, 0.2) is 18.2 Å². The Morgan fingerprint density at radius 3 is 2.38 bits per heavy atom. The lowest BCUT2D eigenvalue weighted by Gasteiger charge is -2.40. The third kappa shape index (κ3) is 3.75. The molecule has 1 unspecified atom stereocenters. The highest BCUT2D eigenvalue weighted by atomic mass is 15.6. The molecule has 2 aromatic rings. The van der Waals surface area contributed by atoms with Gasteiger partial charge in [0.25, 0.3) is 0 Å². The molecular weight excluding hydrogens is 324 g/mol. The second-order valence-electron chi connectivity index (χ2n) is 8.36. The van der Waals surface area contributed by atoms with Crippen LogP contribution in [0.1, 0.15) is 57.1 Å². The van der Waals surface area contributed by atoms with E-state index in [9.17, 15) is 0 Å². The third-order valence-corrected chi connectivity index (χ3v) is 5.27. The highest BCUT2D eigenvalue weighted by Crippen LogP contribution is 2.29. The van der Waals surface area contributed by atoms with Gasteiger partial charge in [0, 0.05) is 31.9 Å². The number of anilines is 1. The number of hydrogen-bond acceptors (Lipinski definition) is 5. The molecular formula is C20H32N6. The van der Waals surface area contributed by atoms with Crippen LogP contribution in [0.25, 0.3) is 0 Å². The highest BCUT2D eigenvalue weighted by molar-refractivity contribution is 5.55. The van der Waals surface area contributed by atoms with Crippen molar-refractivity contribution in [1.82, 2.24) is 25.1 Å². The van der Waals surface area contributed by atoms with Gasteiger partial charge in [0.1, 0.15) is 0 Å². The highest BCUT2D eigenvalue weighted by Gasteiger charge is 2.31. The summed E-state index contributed by atoms with van der Waals surface area (Å²) >= 11 is 0. The minimum Gasteiger partial charge on any atom is -0.369 e. The number of tetrazole rings is 1. The zero-order valence-corrected chi connectivity index (χ0v) is 17.0. The number of nitrogens with zero attached hydrogens (tertiary/aromatic N) is 6. The minimum absolute atomic E-state index is 0.104. The van der Waals surface area contributed by atoms with Gasteiger partial charge in [0.05, 0.1) is 11.6 Å². The van der Waals surface area contributed by atoms with Gasteiger partial charge in [-0.2, -0.15) is 0 Å². The zero-order valence-electron chi connectivity index (χ0n) is 17.0. The van der Waals surface area contributed by atoms with E-state index in [4.69, 9.17) is 0 Å². The molecule has 0 spiro atoms. The Bertz CT molecular complexity index is 737. The van der Waals surface area contributed by atoms with Gasteiger partial charge >= 0.3 is 0 Å². The Morgan fingerprint density at radius 2 is 1.77 bits per heavy atom. The lowest BCUT2D eigenvalue weighted by Crippen LogP contribution is -2.48. The first kappa shape index (κ1) is 18.8. The summed E-state index contributed by atoms with van der Waals surface area (Å²) in [7, 11) is 0. The van der Waals surface area contributed by atoms with Crippen LogP contribution in [0.3, 0.4) is 0 Å². The molecule has 142 valence electrons. The number of hydrogen-bond donors (Lipinski definition) is 0. The largest absolute Gasteiger partial charge is 0.369 e. The molecule has 6 nitrogen and oxygen atoms in total. The summed E-state index contributed by atoms with van der Waals surface area (Å²) < 4.78 is 1.98. The molecule has 26 heavy (non-hydrogen) atoms. The van der Waals surface area contributed by atoms with Crippen molar-refractivity contribution in [3.8, 4) is 0 Å². The summed E-state index contributed by atoms with van der Waals surface area (Å²) in [5.41, 5.74) is 3.95. The number of piperazine rings is 1. The SMILES string of the molecule is CCC(c1nnnn1C(C)(C)C)N1CCN(c2cc(C)ccc2C)CC1. The molecule has 2 heterocycles. The summed E-state index contributed by atoms with van der Waals surface area (Å²) in [6.45, 7) is 17.2. The molecule has 0 amide bonds. The molecule has 1 aliphatic rings. The molecule has 0 radical (unpaired) electrons.